The normalized spacial score (nSPS) is 11.3. The van der Waals surface area contributed by atoms with Crippen LogP contribution in [0.15, 0.2) is 36.5 Å². The van der Waals surface area contributed by atoms with Gasteiger partial charge in [0.25, 0.3) is 5.69 Å². The van der Waals surface area contributed by atoms with Crippen LogP contribution in [-0.4, -0.2) is 70.7 Å². The van der Waals surface area contributed by atoms with Crippen molar-refractivity contribution in [2.24, 2.45) is 7.05 Å². The lowest BCUT2D eigenvalue weighted by molar-refractivity contribution is -0.384. The van der Waals surface area contributed by atoms with E-state index in [0.717, 1.165) is 25.1 Å². The standard InChI is InChI=1S/C25H28F2N8O3/c1-32(2)9-6-10-33(3)20-14-22(38-5)18(13-21(20)35(36)37)31-25-28-8-7-17(30-25)24-29-19-12-15(26)11-16(27)23(19)34(24)4/h7-8,11-14H,6,9-10H2,1-5H3,(H,28,30,31). The van der Waals surface area contributed by atoms with Crippen LogP contribution in [0.25, 0.3) is 22.6 Å². The molecule has 0 spiro atoms. The van der Waals surface area contributed by atoms with Crippen molar-refractivity contribution in [2.75, 3.05) is 51.6 Å². The van der Waals surface area contributed by atoms with Crippen molar-refractivity contribution in [3.63, 3.8) is 0 Å². The van der Waals surface area contributed by atoms with Gasteiger partial charge in [-0.25, -0.2) is 23.7 Å². The SMILES string of the molecule is COc1cc(N(C)CCCN(C)C)c([N+](=O)[O-])cc1Nc1nccc(-c2nc3cc(F)cc(F)c3n2C)n1. The third kappa shape index (κ3) is 5.47. The molecule has 1 N–H and O–H groups in total. The molecule has 0 unspecified atom stereocenters. The third-order valence-corrected chi connectivity index (χ3v) is 6.02. The van der Waals surface area contributed by atoms with Gasteiger partial charge < -0.3 is 24.4 Å². The summed E-state index contributed by atoms with van der Waals surface area (Å²) in [5.74, 6) is -0.703. The molecule has 11 nitrogen and oxygen atoms in total. The predicted molar refractivity (Wildman–Crippen MR) is 141 cm³/mol. The van der Waals surface area contributed by atoms with Gasteiger partial charge in [0.15, 0.2) is 11.6 Å². The van der Waals surface area contributed by atoms with Crippen LogP contribution in [0.5, 0.6) is 5.75 Å². The molecular formula is C25H28F2N8O3. The fourth-order valence-electron chi connectivity index (χ4n) is 4.18. The molecule has 0 atom stereocenters. The first-order chi connectivity index (χ1) is 18.1. The summed E-state index contributed by atoms with van der Waals surface area (Å²) in [6, 6.07) is 6.49. The molecule has 2 aromatic heterocycles. The smallest absolute Gasteiger partial charge is 0.294 e. The minimum Gasteiger partial charge on any atom is -0.494 e. The van der Waals surface area contributed by atoms with E-state index < -0.39 is 16.6 Å². The Balaban J connectivity index is 1.68. The molecule has 0 saturated carbocycles. The molecular weight excluding hydrogens is 498 g/mol. The summed E-state index contributed by atoms with van der Waals surface area (Å²) in [5, 5.41) is 14.9. The van der Waals surface area contributed by atoms with Gasteiger partial charge >= 0.3 is 0 Å². The Labute approximate surface area is 217 Å². The average molecular weight is 527 g/mol. The molecule has 0 aliphatic carbocycles. The fraction of sp³-hybridized carbons (Fsp3) is 0.320. The van der Waals surface area contributed by atoms with Crippen molar-refractivity contribution in [3.05, 3.63) is 58.3 Å². The summed E-state index contributed by atoms with van der Waals surface area (Å²) >= 11 is 0. The second-order valence-electron chi connectivity index (χ2n) is 9.02. The van der Waals surface area contributed by atoms with Crippen LogP contribution in [0.1, 0.15) is 6.42 Å². The van der Waals surface area contributed by atoms with Gasteiger partial charge in [0.1, 0.15) is 28.5 Å². The number of hydrogen-bond acceptors (Lipinski definition) is 9. The number of methoxy groups -OCH3 is 1. The number of nitro benzene ring substituents is 1. The highest BCUT2D eigenvalue weighted by atomic mass is 19.1. The number of hydrogen-bond donors (Lipinski definition) is 1. The third-order valence-electron chi connectivity index (χ3n) is 6.02. The quantitative estimate of drug-likeness (QED) is 0.238. The van der Waals surface area contributed by atoms with Crippen molar-refractivity contribution < 1.29 is 18.4 Å². The Bertz CT molecular complexity index is 1490. The number of ether oxygens (including phenoxy) is 1. The molecule has 0 radical (unpaired) electrons. The van der Waals surface area contributed by atoms with Crippen molar-refractivity contribution in [1.29, 1.82) is 0 Å². The Hall–Kier alpha value is -4.39. The predicted octanol–water partition coefficient (Wildman–Crippen LogP) is 4.36. The van der Waals surface area contributed by atoms with Crippen LogP contribution in [-0.2, 0) is 7.05 Å². The number of halogens is 2. The Morgan fingerprint density at radius 1 is 1.13 bits per heavy atom. The largest absolute Gasteiger partial charge is 0.494 e. The monoisotopic (exact) mass is 526 g/mol. The van der Waals surface area contributed by atoms with Crippen molar-refractivity contribution >= 4 is 34.0 Å². The lowest BCUT2D eigenvalue weighted by atomic mass is 10.2. The van der Waals surface area contributed by atoms with E-state index in [9.17, 15) is 18.9 Å². The van der Waals surface area contributed by atoms with E-state index in [1.165, 1.54) is 23.9 Å². The number of nitro groups is 1. The topological polar surface area (TPSA) is 114 Å². The van der Waals surface area contributed by atoms with Gasteiger partial charge in [-0.2, -0.15) is 0 Å². The fourth-order valence-corrected chi connectivity index (χ4v) is 4.18. The van der Waals surface area contributed by atoms with E-state index in [-0.39, 0.29) is 22.7 Å². The molecule has 4 aromatic rings. The lowest BCUT2D eigenvalue weighted by Gasteiger charge is -2.22. The first-order valence-electron chi connectivity index (χ1n) is 11.7. The molecule has 200 valence electrons. The van der Waals surface area contributed by atoms with Crippen molar-refractivity contribution in [1.82, 2.24) is 24.4 Å². The highest BCUT2D eigenvalue weighted by Crippen LogP contribution is 2.39. The maximum Gasteiger partial charge on any atom is 0.294 e. The van der Waals surface area contributed by atoms with E-state index in [2.05, 4.69) is 20.3 Å². The summed E-state index contributed by atoms with van der Waals surface area (Å²) in [7, 11) is 8.80. The molecule has 0 aliphatic rings. The summed E-state index contributed by atoms with van der Waals surface area (Å²) in [6.07, 6.45) is 2.29. The van der Waals surface area contributed by atoms with Gasteiger partial charge in [-0.1, -0.05) is 0 Å². The molecule has 0 bridgehead atoms. The van der Waals surface area contributed by atoms with Crippen LogP contribution in [0.4, 0.5) is 31.8 Å². The second-order valence-corrected chi connectivity index (χ2v) is 9.02. The van der Waals surface area contributed by atoms with E-state index in [1.807, 2.05) is 23.9 Å². The highest BCUT2D eigenvalue weighted by molar-refractivity contribution is 5.81. The summed E-state index contributed by atoms with van der Waals surface area (Å²) in [6.45, 7) is 1.46. The number of aryl methyl sites for hydroxylation is 1. The number of nitrogens with one attached hydrogen (secondary N) is 1. The zero-order valence-corrected chi connectivity index (χ0v) is 21.7. The van der Waals surface area contributed by atoms with Crippen LogP contribution < -0.4 is 15.0 Å². The van der Waals surface area contributed by atoms with Crippen LogP contribution in [0.3, 0.4) is 0 Å². The van der Waals surface area contributed by atoms with Gasteiger partial charge in [0.05, 0.1) is 23.2 Å². The molecule has 38 heavy (non-hydrogen) atoms. The lowest BCUT2D eigenvalue weighted by Crippen LogP contribution is -2.24. The first-order valence-corrected chi connectivity index (χ1v) is 11.7. The van der Waals surface area contributed by atoms with Gasteiger partial charge in [-0.15, -0.1) is 0 Å². The van der Waals surface area contributed by atoms with Crippen LogP contribution >= 0.6 is 0 Å². The number of fused-ring (bicyclic) bond motifs is 1. The van der Waals surface area contributed by atoms with E-state index in [1.54, 1.807) is 26.2 Å². The minimum absolute atomic E-state index is 0.107. The summed E-state index contributed by atoms with van der Waals surface area (Å²) in [5.41, 5.74) is 1.23. The van der Waals surface area contributed by atoms with Crippen molar-refractivity contribution in [3.8, 4) is 17.3 Å². The van der Waals surface area contributed by atoms with E-state index >= 15 is 0 Å². The highest BCUT2D eigenvalue weighted by Gasteiger charge is 2.23. The average Bonchev–Trinajstić information content (AvgIpc) is 3.19. The molecule has 13 heteroatoms. The van der Waals surface area contributed by atoms with Crippen molar-refractivity contribution in [2.45, 2.75) is 6.42 Å². The van der Waals surface area contributed by atoms with E-state index in [4.69, 9.17) is 4.74 Å². The molecule has 0 fully saturated rings. The van der Waals surface area contributed by atoms with Gasteiger partial charge in [0, 0.05) is 51.1 Å². The molecule has 2 aromatic carbocycles. The maximum atomic E-state index is 14.4. The van der Waals surface area contributed by atoms with Crippen LogP contribution in [0.2, 0.25) is 0 Å². The molecule has 4 rings (SSSR count). The number of anilines is 3. The Morgan fingerprint density at radius 3 is 2.58 bits per heavy atom. The van der Waals surface area contributed by atoms with Gasteiger partial charge in [0.2, 0.25) is 5.95 Å². The van der Waals surface area contributed by atoms with Gasteiger partial charge in [-0.3, -0.25) is 10.1 Å². The van der Waals surface area contributed by atoms with E-state index in [0.29, 0.717) is 35.2 Å². The molecule has 0 aliphatic heterocycles. The number of nitrogens with zero attached hydrogens (tertiary/aromatic N) is 7. The molecule has 0 saturated heterocycles. The molecule has 2 heterocycles. The van der Waals surface area contributed by atoms with Gasteiger partial charge in [-0.05, 0) is 33.1 Å². The zero-order valence-electron chi connectivity index (χ0n) is 21.7. The maximum absolute atomic E-state index is 14.4. The first kappa shape index (κ1) is 26.7. The number of aromatic nitrogens is 4. The number of imidazole rings is 1. The zero-order chi connectivity index (χ0) is 27.6. The summed E-state index contributed by atoms with van der Waals surface area (Å²) < 4.78 is 35.0. The Kier molecular flexibility index (Phi) is 7.67. The Morgan fingerprint density at radius 2 is 1.89 bits per heavy atom. The minimum atomic E-state index is -0.738. The molecule has 0 amide bonds. The van der Waals surface area contributed by atoms with Crippen LogP contribution in [0, 0.1) is 21.7 Å². The number of rotatable bonds is 10. The second kappa shape index (κ2) is 10.9. The summed E-state index contributed by atoms with van der Waals surface area (Å²) in [4.78, 5) is 28.3. The number of benzene rings is 2.